The predicted octanol–water partition coefficient (Wildman–Crippen LogP) is 3.51. The number of para-hydroxylation sites is 2. The lowest BCUT2D eigenvalue weighted by Gasteiger charge is -2.30. The maximum absolute atomic E-state index is 11.6. The standard InChI is InChI=1S/C22H22N4O3/c1-28-21(27)17-8-6-16(7-9-17)18-10-11-23-22(24-18)25-19-4-2-3-5-20(19)26-12-14-29-15-13-26/h2-11H,12-15H2,1H3,(H,23,24,25). The molecule has 0 aliphatic carbocycles. The van der Waals surface area contributed by atoms with E-state index in [1.165, 1.54) is 7.11 Å². The Kier molecular flexibility index (Phi) is 5.67. The highest BCUT2D eigenvalue weighted by Gasteiger charge is 2.15. The second-order valence-electron chi connectivity index (χ2n) is 6.58. The Bertz CT molecular complexity index is 985. The Morgan fingerprint density at radius 2 is 1.83 bits per heavy atom. The minimum atomic E-state index is -0.360. The zero-order valence-electron chi connectivity index (χ0n) is 16.2. The van der Waals surface area contributed by atoms with Crippen molar-refractivity contribution in [3.05, 3.63) is 66.4 Å². The van der Waals surface area contributed by atoms with Gasteiger partial charge in [-0.1, -0.05) is 24.3 Å². The number of nitrogens with one attached hydrogen (secondary N) is 1. The molecule has 0 radical (unpaired) electrons. The van der Waals surface area contributed by atoms with Gasteiger partial charge in [0.15, 0.2) is 0 Å². The molecular weight excluding hydrogens is 368 g/mol. The molecule has 4 rings (SSSR count). The summed E-state index contributed by atoms with van der Waals surface area (Å²) >= 11 is 0. The van der Waals surface area contributed by atoms with Crippen molar-refractivity contribution in [1.29, 1.82) is 0 Å². The van der Waals surface area contributed by atoms with E-state index in [1.54, 1.807) is 18.3 Å². The zero-order chi connectivity index (χ0) is 20.1. The predicted molar refractivity (Wildman–Crippen MR) is 112 cm³/mol. The molecule has 0 atom stereocenters. The number of anilines is 3. The van der Waals surface area contributed by atoms with Gasteiger partial charge < -0.3 is 19.7 Å². The number of hydrogen-bond donors (Lipinski definition) is 1. The molecule has 3 aromatic rings. The molecule has 2 heterocycles. The van der Waals surface area contributed by atoms with Gasteiger partial charge in [0.05, 0.1) is 43.0 Å². The molecule has 2 aromatic carbocycles. The third-order valence-corrected chi connectivity index (χ3v) is 4.76. The van der Waals surface area contributed by atoms with Gasteiger partial charge >= 0.3 is 5.97 Å². The van der Waals surface area contributed by atoms with Gasteiger partial charge in [0.2, 0.25) is 5.95 Å². The van der Waals surface area contributed by atoms with Crippen molar-refractivity contribution in [1.82, 2.24) is 9.97 Å². The highest BCUT2D eigenvalue weighted by molar-refractivity contribution is 5.89. The number of methoxy groups -OCH3 is 1. The number of morpholine rings is 1. The van der Waals surface area contributed by atoms with Crippen LogP contribution in [0.2, 0.25) is 0 Å². The van der Waals surface area contributed by atoms with E-state index in [4.69, 9.17) is 9.47 Å². The third-order valence-electron chi connectivity index (χ3n) is 4.76. The van der Waals surface area contributed by atoms with E-state index in [-0.39, 0.29) is 5.97 Å². The SMILES string of the molecule is COC(=O)c1ccc(-c2ccnc(Nc3ccccc3N3CCOCC3)n2)cc1. The van der Waals surface area contributed by atoms with E-state index < -0.39 is 0 Å². The van der Waals surface area contributed by atoms with Gasteiger partial charge in [0.1, 0.15) is 0 Å². The average molecular weight is 390 g/mol. The first-order valence-electron chi connectivity index (χ1n) is 9.45. The van der Waals surface area contributed by atoms with E-state index in [9.17, 15) is 4.79 Å². The van der Waals surface area contributed by atoms with Crippen molar-refractivity contribution in [2.45, 2.75) is 0 Å². The summed E-state index contributed by atoms with van der Waals surface area (Å²) in [6.07, 6.45) is 1.72. The minimum Gasteiger partial charge on any atom is -0.465 e. The van der Waals surface area contributed by atoms with Gasteiger partial charge in [-0.3, -0.25) is 0 Å². The first kappa shape index (κ1) is 18.9. The number of nitrogens with zero attached hydrogens (tertiary/aromatic N) is 3. The molecule has 0 saturated carbocycles. The third kappa shape index (κ3) is 4.35. The van der Waals surface area contributed by atoms with Gasteiger partial charge in [-0.2, -0.15) is 0 Å². The van der Waals surface area contributed by atoms with Crippen LogP contribution >= 0.6 is 0 Å². The van der Waals surface area contributed by atoms with Crippen molar-refractivity contribution < 1.29 is 14.3 Å². The maximum Gasteiger partial charge on any atom is 0.337 e. The Morgan fingerprint density at radius 3 is 2.59 bits per heavy atom. The topological polar surface area (TPSA) is 76.6 Å². The summed E-state index contributed by atoms with van der Waals surface area (Å²) in [5.74, 6) is 0.154. The number of aromatic nitrogens is 2. The Labute approximate surface area is 169 Å². The molecule has 1 aliphatic heterocycles. The fourth-order valence-corrected chi connectivity index (χ4v) is 3.25. The molecule has 29 heavy (non-hydrogen) atoms. The Hall–Kier alpha value is -3.45. The summed E-state index contributed by atoms with van der Waals surface area (Å²) in [5.41, 5.74) is 4.22. The minimum absolute atomic E-state index is 0.360. The number of hydrogen-bond acceptors (Lipinski definition) is 7. The molecule has 1 fully saturated rings. The molecular formula is C22H22N4O3. The van der Waals surface area contributed by atoms with Crippen molar-refractivity contribution in [3.8, 4) is 11.3 Å². The van der Waals surface area contributed by atoms with E-state index in [0.29, 0.717) is 11.5 Å². The van der Waals surface area contributed by atoms with Gasteiger partial charge in [-0.25, -0.2) is 14.8 Å². The van der Waals surface area contributed by atoms with Crippen LogP contribution in [0.1, 0.15) is 10.4 Å². The molecule has 7 heteroatoms. The lowest BCUT2D eigenvalue weighted by molar-refractivity contribution is 0.0600. The first-order chi connectivity index (χ1) is 14.2. The Balaban J connectivity index is 1.56. The highest BCUT2D eigenvalue weighted by Crippen LogP contribution is 2.29. The van der Waals surface area contributed by atoms with Crippen molar-refractivity contribution in [2.75, 3.05) is 43.6 Å². The van der Waals surface area contributed by atoms with Crippen LogP contribution < -0.4 is 10.2 Å². The van der Waals surface area contributed by atoms with Gasteiger partial charge in [-0.15, -0.1) is 0 Å². The van der Waals surface area contributed by atoms with Gasteiger partial charge in [0, 0.05) is 24.8 Å². The summed E-state index contributed by atoms with van der Waals surface area (Å²) in [6, 6.07) is 17.1. The molecule has 0 amide bonds. The number of ether oxygens (including phenoxy) is 2. The van der Waals surface area contributed by atoms with Crippen LogP contribution in [-0.4, -0.2) is 49.4 Å². The number of benzene rings is 2. The van der Waals surface area contributed by atoms with Crippen molar-refractivity contribution >= 4 is 23.3 Å². The van der Waals surface area contributed by atoms with E-state index in [0.717, 1.165) is 48.9 Å². The number of carbonyl (C=O) groups excluding carboxylic acids is 1. The maximum atomic E-state index is 11.6. The second kappa shape index (κ2) is 8.70. The summed E-state index contributed by atoms with van der Waals surface area (Å²) in [6.45, 7) is 3.15. The summed E-state index contributed by atoms with van der Waals surface area (Å²) in [4.78, 5) is 22.9. The largest absolute Gasteiger partial charge is 0.465 e. The van der Waals surface area contributed by atoms with Crippen molar-refractivity contribution in [3.63, 3.8) is 0 Å². The van der Waals surface area contributed by atoms with E-state index in [2.05, 4.69) is 26.3 Å². The first-order valence-corrected chi connectivity index (χ1v) is 9.45. The van der Waals surface area contributed by atoms with Crippen molar-refractivity contribution in [2.24, 2.45) is 0 Å². The molecule has 0 spiro atoms. The molecule has 1 saturated heterocycles. The van der Waals surface area contributed by atoms with Crippen LogP contribution in [0.3, 0.4) is 0 Å². The molecule has 1 N–H and O–H groups in total. The molecule has 148 valence electrons. The lowest BCUT2D eigenvalue weighted by Crippen LogP contribution is -2.36. The quantitative estimate of drug-likeness (QED) is 0.668. The highest BCUT2D eigenvalue weighted by atomic mass is 16.5. The summed E-state index contributed by atoms with van der Waals surface area (Å²) < 4.78 is 10.2. The number of carbonyl (C=O) groups is 1. The van der Waals surface area contributed by atoms with Crippen LogP contribution in [-0.2, 0) is 9.47 Å². The molecule has 1 aliphatic rings. The van der Waals surface area contributed by atoms with Gasteiger partial charge in [-0.05, 0) is 30.3 Å². The molecule has 0 unspecified atom stereocenters. The van der Waals surface area contributed by atoms with E-state index in [1.807, 2.05) is 36.4 Å². The normalized spacial score (nSPS) is 13.8. The van der Waals surface area contributed by atoms with Crippen LogP contribution in [0.5, 0.6) is 0 Å². The Morgan fingerprint density at radius 1 is 1.07 bits per heavy atom. The van der Waals surface area contributed by atoms with Crippen LogP contribution in [0.25, 0.3) is 11.3 Å². The average Bonchev–Trinajstić information content (AvgIpc) is 2.80. The zero-order valence-corrected chi connectivity index (χ0v) is 16.2. The smallest absolute Gasteiger partial charge is 0.337 e. The molecule has 0 bridgehead atoms. The monoisotopic (exact) mass is 390 g/mol. The molecule has 7 nitrogen and oxygen atoms in total. The fourth-order valence-electron chi connectivity index (χ4n) is 3.25. The van der Waals surface area contributed by atoms with Crippen LogP contribution in [0, 0.1) is 0 Å². The van der Waals surface area contributed by atoms with Crippen LogP contribution in [0.4, 0.5) is 17.3 Å². The number of esters is 1. The number of rotatable bonds is 5. The fraction of sp³-hybridized carbons (Fsp3) is 0.227. The van der Waals surface area contributed by atoms with Gasteiger partial charge in [0.25, 0.3) is 0 Å². The second-order valence-corrected chi connectivity index (χ2v) is 6.58. The van der Waals surface area contributed by atoms with E-state index >= 15 is 0 Å². The summed E-state index contributed by atoms with van der Waals surface area (Å²) in [7, 11) is 1.37. The lowest BCUT2D eigenvalue weighted by atomic mass is 10.1. The summed E-state index contributed by atoms with van der Waals surface area (Å²) in [5, 5.41) is 3.34. The molecule has 1 aromatic heterocycles. The van der Waals surface area contributed by atoms with Crippen LogP contribution in [0.15, 0.2) is 60.8 Å².